The van der Waals surface area contributed by atoms with E-state index in [0.717, 1.165) is 10.6 Å². The zero-order valence-electron chi connectivity index (χ0n) is 11.8. The lowest BCUT2D eigenvalue weighted by Gasteiger charge is -2.31. The summed E-state index contributed by atoms with van der Waals surface area (Å²) in [5.41, 5.74) is 0.845. The molecule has 22 heavy (non-hydrogen) atoms. The molecular weight excluding hydrogens is 298 g/mol. The second kappa shape index (κ2) is 5.02. The fourth-order valence-electron chi connectivity index (χ4n) is 3.76. The molecule has 2 heterocycles. The number of hydrogen-bond acceptors (Lipinski definition) is 3. The van der Waals surface area contributed by atoms with Gasteiger partial charge in [-0.2, -0.15) is 0 Å². The first-order chi connectivity index (χ1) is 10.7. The standard InChI is InChI=1S/C17H15NO3S/c19-16-14-10(9-18(16)11-4-2-1-3-5-11)8-13-12(6-7-22-13)15(14)17(20)21/h1-8,10,12,14-15H,9H2,(H,20,21)/t10-,12-,14-,15+/m0/s1. The highest BCUT2D eigenvalue weighted by molar-refractivity contribution is 8.06. The van der Waals surface area contributed by atoms with Crippen LogP contribution in [0.4, 0.5) is 5.69 Å². The molecular formula is C17H15NO3S. The van der Waals surface area contributed by atoms with Crippen LogP contribution in [-0.4, -0.2) is 23.5 Å². The molecule has 3 aliphatic rings. The van der Waals surface area contributed by atoms with Crippen molar-refractivity contribution in [3.05, 3.63) is 52.8 Å². The number of anilines is 1. The summed E-state index contributed by atoms with van der Waals surface area (Å²) < 4.78 is 0. The van der Waals surface area contributed by atoms with Gasteiger partial charge in [0, 0.05) is 24.1 Å². The van der Waals surface area contributed by atoms with E-state index in [1.54, 1.807) is 16.7 Å². The smallest absolute Gasteiger partial charge is 0.308 e. The quantitative estimate of drug-likeness (QED) is 0.912. The number of nitrogens with zero attached hydrogens (tertiary/aromatic N) is 1. The fourth-order valence-corrected chi connectivity index (χ4v) is 4.80. The Kier molecular flexibility index (Phi) is 3.11. The summed E-state index contributed by atoms with van der Waals surface area (Å²) in [7, 11) is 0. The molecule has 0 spiro atoms. The molecule has 0 bridgehead atoms. The van der Waals surface area contributed by atoms with Gasteiger partial charge < -0.3 is 10.0 Å². The van der Waals surface area contributed by atoms with Crippen molar-refractivity contribution in [3.8, 4) is 0 Å². The van der Waals surface area contributed by atoms with E-state index in [0.29, 0.717) is 6.54 Å². The minimum absolute atomic E-state index is 0.0209. The van der Waals surface area contributed by atoms with E-state index < -0.39 is 17.8 Å². The molecule has 0 unspecified atom stereocenters. The largest absolute Gasteiger partial charge is 0.481 e. The van der Waals surface area contributed by atoms with E-state index in [1.807, 2.05) is 41.8 Å². The number of aliphatic carboxylic acids is 1. The van der Waals surface area contributed by atoms with Gasteiger partial charge in [-0.3, -0.25) is 9.59 Å². The van der Waals surface area contributed by atoms with Crippen LogP contribution in [0, 0.1) is 23.7 Å². The predicted molar refractivity (Wildman–Crippen MR) is 85.2 cm³/mol. The molecule has 1 N–H and O–H groups in total. The van der Waals surface area contributed by atoms with Crippen molar-refractivity contribution in [2.45, 2.75) is 0 Å². The molecule has 1 aromatic carbocycles. The molecule has 1 fully saturated rings. The van der Waals surface area contributed by atoms with Crippen molar-refractivity contribution in [3.63, 3.8) is 0 Å². The molecule has 4 atom stereocenters. The van der Waals surface area contributed by atoms with Gasteiger partial charge in [-0.25, -0.2) is 0 Å². The number of amides is 1. The van der Waals surface area contributed by atoms with Crippen molar-refractivity contribution in [1.82, 2.24) is 0 Å². The first-order valence-electron chi connectivity index (χ1n) is 7.31. The van der Waals surface area contributed by atoms with Gasteiger partial charge in [0.25, 0.3) is 0 Å². The number of thioether (sulfide) groups is 1. The van der Waals surface area contributed by atoms with Crippen molar-refractivity contribution in [2.75, 3.05) is 11.4 Å². The van der Waals surface area contributed by atoms with Crippen LogP contribution in [0.5, 0.6) is 0 Å². The monoisotopic (exact) mass is 313 g/mol. The normalized spacial score (nSPS) is 32.6. The summed E-state index contributed by atoms with van der Waals surface area (Å²) in [6.45, 7) is 0.564. The van der Waals surface area contributed by atoms with Gasteiger partial charge in [-0.1, -0.05) is 30.4 Å². The van der Waals surface area contributed by atoms with Gasteiger partial charge in [-0.15, -0.1) is 11.8 Å². The second-order valence-corrected chi connectivity index (χ2v) is 6.86. The highest BCUT2D eigenvalue weighted by Crippen LogP contribution is 2.50. The lowest BCUT2D eigenvalue weighted by molar-refractivity contribution is -0.148. The number of rotatable bonds is 2. The molecule has 5 heteroatoms. The van der Waals surface area contributed by atoms with Gasteiger partial charge in [0.1, 0.15) is 0 Å². The average Bonchev–Trinajstić information content (AvgIpc) is 3.10. The number of allylic oxidation sites excluding steroid dienone is 2. The van der Waals surface area contributed by atoms with Crippen LogP contribution in [0.2, 0.25) is 0 Å². The Bertz CT molecular complexity index is 697. The summed E-state index contributed by atoms with van der Waals surface area (Å²) in [6, 6.07) is 9.49. The molecule has 1 saturated heterocycles. The summed E-state index contributed by atoms with van der Waals surface area (Å²) in [6.07, 6.45) is 4.03. The van der Waals surface area contributed by atoms with Crippen LogP contribution < -0.4 is 4.90 Å². The van der Waals surface area contributed by atoms with Gasteiger partial charge >= 0.3 is 5.97 Å². The maximum Gasteiger partial charge on any atom is 0.308 e. The van der Waals surface area contributed by atoms with Crippen LogP contribution in [0.3, 0.4) is 0 Å². The maximum absolute atomic E-state index is 12.8. The Morgan fingerprint density at radius 2 is 2.05 bits per heavy atom. The molecule has 1 aliphatic carbocycles. The van der Waals surface area contributed by atoms with Gasteiger partial charge in [0.05, 0.1) is 11.8 Å². The third kappa shape index (κ3) is 1.92. The van der Waals surface area contributed by atoms with Crippen LogP contribution in [0.15, 0.2) is 52.8 Å². The fraction of sp³-hybridized carbons (Fsp3) is 0.294. The van der Waals surface area contributed by atoms with Crippen LogP contribution in [-0.2, 0) is 9.59 Å². The Morgan fingerprint density at radius 3 is 2.77 bits per heavy atom. The van der Waals surface area contributed by atoms with Crippen molar-refractivity contribution in [2.24, 2.45) is 23.7 Å². The zero-order chi connectivity index (χ0) is 15.3. The molecule has 0 radical (unpaired) electrons. The van der Waals surface area contributed by atoms with Gasteiger partial charge in [0.2, 0.25) is 5.91 Å². The Labute approximate surface area is 132 Å². The molecule has 2 aliphatic heterocycles. The van der Waals surface area contributed by atoms with E-state index in [9.17, 15) is 14.7 Å². The Morgan fingerprint density at radius 1 is 1.27 bits per heavy atom. The van der Waals surface area contributed by atoms with E-state index in [4.69, 9.17) is 0 Å². The molecule has 1 aromatic rings. The number of benzene rings is 1. The first-order valence-corrected chi connectivity index (χ1v) is 8.19. The number of carbonyl (C=O) groups excluding carboxylic acids is 1. The number of carboxylic acids is 1. The van der Waals surface area contributed by atoms with Gasteiger partial charge in [-0.05, 0) is 22.4 Å². The molecule has 4 nitrogen and oxygen atoms in total. The topological polar surface area (TPSA) is 57.6 Å². The van der Waals surface area contributed by atoms with Crippen molar-refractivity contribution >= 4 is 29.3 Å². The molecule has 0 aromatic heterocycles. The number of para-hydroxylation sites is 1. The Hall–Kier alpha value is -2.01. The van der Waals surface area contributed by atoms with Crippen LogP contribution in [0.25, 0.3) is 0 Å². The summed E-state index contributed by atoms with van der Waals surface area (Å²) in [5, 5.41) is 11.6. The number of carbonyl (C=O) groups is 2. The number of hydrogen-bond donors (Lipinski definition) is 1. The van der Waals surface area contributed by atoms with E-state index >= 15 is 0 Å². The van der Waals surface area contributed by atoms with Crippen LogP contribution >= 0.6 is 11.8 Å². The lowest BCUT2D eigenvalue weighted by atomic mass is 9.71. The van der Waals surface area contributed by atoms with E-state index in [1.165, 1.54) is 0 Å². The highest BCUT2D eigenvalue weighted by Gasteiger charge is 2.53. The lowest BCUT2D eigenvalue weighted by Crippen LogP contribution is -2.39. The average molecular weight is 313 g/mol. The van der Waals surface area contributed by atoms with Crippen molar-refractivity contribution < 1.29 is 14.7 Å². The zero-order valence-corrected chi connectivity index (χ0v) is 12.6. The molecule has 1 amide bonds. The van der Waals surface area contributed by atoms with E-state index in [2.05, 4.69) is 6.08 Å². The minimum atomic E-state index is -0.874. The second-order valence-electron chi connectivity index (χ2n) is 5.88. The third-order valence-corrected chi connectivity index (χ3v) is 5.70. The Balaban J connectivity index is 1.73. The summed E-state index contributed by atoms with van der Waals surface area (Å²) in [5.74, 6) is -2.23. The summed E-state index contributed by atoms with van der Waals surface area (Å²) >= 11 is 1.58. The van der Waals surface area contributed by atoms with E-state index in [-0.39, 0.29) is 17.7 Å². The first kappa shape index (κ1) is 13.6. The molecule has 4 rings (SSSR count). The molecule has 0 saturated carbocycles. The highest BCUT2D eigenvalue weighted by atomic mass is 32.2. The number of fused-ring (bicyclic) bond motifs is 2. The maximum atomic E-state index is 12.8. The predicted octanol–water partition coefficient (Wildman–Crippen LogP) is 2.74. The van der Waals surface area contributed by atoms with Crippen LogP contribution in [0.1, 0.15) is 0 Å². The van der Waals surface area contributed by atoms with Gasteiger partial charge in [0.15, 0.2) is 0 Å². The third-order valence-electron chi connectivity index (χ3n) is 4.73. The summed E-state index contributed by atoms with van der Waals surface area (Å²) in [4.78, 5) is 27.4. The SMILES string of the molecule is O=C(O)[C@H]1[C@H]2C(=O)N(c3ccccc3)C[C@@H]2C=C2SC=C[C@@H]21. The number of carboxylic acid groups (broad SMARTS) is 1. The molecule has 112 valence electrons. The minimum Gasteiger partial charge on any atom is -0.481 e. The van der Waals surface area contributed by atoms with Crippen molar-refractivity contribution in [1.29, 1.82) is 0 Å².